The molecule has 0 aliphatic rings. The Balaban J connectivity index is 3.21. The first-order valence-electron chi connectivity index (χ1n) is 4.75. The highest BCUT2D eigenvalue weighted by molar-refractivity contribution is 5.22. The lowest BCUT2D eigenvalue weighted by atomic mass is 9.88. The van der Waals surface area contributed by atoms with Crippen LogP contribution in [0.2, 0.25) is 0 Å². The van der Waals surface area contributed by atoms with E-state index in [2.05, 4.69) is 16.0 Å². The van der Waals surface area contributed by atoms with Gasteiger partial charge < -0.3 is 0 Å². The van der Waals surface area contributed by atoms with Crippen LogP contribution in [0.3, 0.4) is 0 Å². The minimum atomic E-state index is -0.557. The van der Waals surface area contributed by atoms with Crippen LogP contribution < -0.4 is 0 Å². The molecule has 1 heterocycles. The molecule has 1 rings (SSSR count). The summed E-state index contributed by atoms with van der Waals surface area (Å²) >= 11 is 0. The highest BCUT2D eigenvalue weighted by Gasteiger charge is 2.27. The molecule has 0 aliphatic heterocycles. The van der Waals surface area contributed by atoms with Gasteiger partial charge in [0, 0.05) is 11.9 Å². The maximum atomic E-state index is 9.07. The first kappa shape index (κ1) is 10.6. The number of rotatable bonds is 2. The molecule has 0 fully saturated rings. The van der Waals surface area contributed by atoms with Crippen LogP contribution in [0.1, 0.15) is 37.4 Å². The molecule has 74 valence electrons. The van der Waals surface area contributed by atoms with E-state index in [1.807, 2.05) is 27.7 Å². The number of hydrogen-bond donors (Lipinski definition) is 0. The average Bonchev–Trinajstić information content (AvgIpc) is 2.21. The summed E-state index contributed by atoms with van der Waals surface area (Å²) in [6, 6.07) is 2.27. The lowest BCUT2D eigenvalue weighted by molar-refractivity contribution is 0.544. The molecule has 3 heteroatoms. The van der Waals surface area contributed by atoms with Crippen LogP contribution >= 0.6 is 0 Å². The quantitative estimate of drug-likeness (QED) is 0.717. The third kappa shape index (κ3) is 1.74. The van der Waals surface area contributed by atoms with E-state index >= 15 is 0 Å². The summed E-state index contributed by atoms with van der Waals surface area (Å²) in [5, 5.41) is 9.07. The van der Waals surface area contributed by atoms with Crippen LogP contribution in [0, 0.1) is 25.2 Å². The van der Waals surface area contributed by atoms with Gasteiger partial charge in [-0.3, -0.25) is 0 Å². The molecule has 0 saturated carbocycles. The third-order valence-corrected chi connectivity index (χ3v) is 2.67. The predicted octanol–water partition coefficient (Wildman–Crippen LogP) is 2.28. The standard InChI is InChI=1S/C11H15N3/c1-5-11(4,7-12)10-13-6-8(2)9(3)14-10/h6H,5H2,1-4H3. The van der Waals surface area contributed by atoms with Crippen molar-refractivity contribution in [3.63, 3.8) is 0 Å². The lowest BCUT2D eigenvalue weighted by Crippen LogP contribution is -2.22. The van der Waals surface area contributed by atoms with Crippen molar-refractivity contribution in [2.45, 2.75) is 39.5 Å². The van der Waals surface area contributed by atoms with E-state index in [1.165, 1.54) is 0 Å². The third-order valence-electron chi connectivity index (χ3n) is 2.67. The van der Waals surface area contributed by atoms with Gasteiger partial charge in [0.2, 0.25) is 0 Å². The summed E-state index contributed by atoms with van der Waals surface area (Å²) in [5.74, 6) is 0.630. The van der Waals surface area contributed by atoms with E-state index < -0.39 is 5.41 Å². The average molecular weight is 189 g/mol. The second-order valence-corrected chi connectivity index (χ2v) is 3.76. The highest BCUT2D eigenvalue weighted by atomic mass is 14.9. The van der Waals surface area contributed by atoms with Crippen molar-refractivity contribution in [1.82, 2.24) is 9.97 Å². The van der Waals surface area contributed by atoms with Gasteiger partial charge in [-0.25, -0.2) is 9.97 Å². The minimum Gasteiger partial charge on any atom is -0.239 e. The van der Waals surface area contributed by atoms with Crippen LogP contribution in [0.15, 0.2) is 6.20 Å². The number of nitrogens with zero attached hydrogens (tertiary/aromatic N) is 3. The highest BCUT2D eigenvalue weighted by Crippen LogP contribution is 2.23. The minimum absolute atomic E-state index is 0.557. The van der Waals surface area contributed by atoms with Crippen molar-refractivity contribution in [2.24, 2.45) is 0 Å². The molecule has 0 radical (unpaired) electrons. The Morgan fingerprint density at radius 3 is 2.57 bits per heavy atom. The second-order valence-electron chi connectivity index (χ2n) is 3.76. The van der Waals surface area contributed by atoms with Crippen LogP contribution in [0.4, 0.5) is 0 Å². The van der Waals surface area contributed by atoms with Gasteiger partial charge in [0.25, 0.3) is 0 Å². The molecule has 0 N–H and O–H groups in total. The first-order valence-corrected chi connectivity index (χ1v) is 4.75. The lowest BCUT2D eigenvalue weighted by Gasteiger charge is -2.17. The summed E-state index contributed by atoms with van der Waals surface area (Å²) in [7, 11) is 0. The molecular weight excluding hydrogens is 174 g/mol. The van der Waals surface area contributed by atoms with Gasteiger partial charge in [-0.1, -0.05) is 6.92 Å². The van der Waals surface area contributed by atoms with Crippen molar-refractivity contribution in [2.75, 3.05) is 0 Å². The van der Waals surface area contributed by atoms with Crippen LogP contribution in [0.25, 0.3) is 0 Å². The summed E-state index contributed by atoms with van der Waals surface area (Å²) in [4.78, 5) is 8.57. The topological polar surface area (TPSA) is 49.6 Å². The van der Waals surface area contributed by atoms with E-state index in [0.717, 1.165) is 17.7 Å². The van der Waals surface area contributed by atoms with E-state index in [-0.39, 0.29) is 0 Å². The molecule has 1 aromatic heterocycles. The van der Waals surface area contributed by atoms with Crippen molar-refractivity contribution in [3.8, 4) is 6.07 Å². The van der Waals surface area contributed by atoms with Gasteiger partial charge in [-0.15, -0.1) is 0 Å². The van der Waals surface area contributed by atoms with Gasteiger partial charge in [0.05, 0.1) is 6.07 Å². The van der Waals surface area contributed by atoms with Gasteiger partial charge in [-0.05, 0) is 32.8 Å². The molecule has 1 unspecified atom stereocenters. The molecule has 0 amide bonds. The Kier molecular flexibility index (Phi) is 2.85. The number of nitriles is 1. The van der Waals surface area contributed by atoms with Crippen molar-refractivity contribution < 1.29 is 0 Å². The Morgan fingerprint density at radius 1 is 1.50 bits per heavy atom. The maximum absolute atomic E-state index is 9.07. The van der Waals surface area contributed by atoms with Crippen molar-refractivity contribution >= 4 is 0 Å². The maximum Gasteiger partial charge on any atom is 0.148 e. The molecule has 0 bridgehead atoms. The second kappa shape index (κ2) is 3.75. The van der Waals surface area contributed by atoms with E-state index in [1.54, 1.807) is 6.20 Å². The van der Waals surface area contributed by atoms with Crippen molar-refractivity contribution in [1.29, 1.82) is 5.26 Å². The number of hydrogen-bond acceptors (Lipinski definition) is 3. The Bertz CT molecular complexity index is 379. The van der Waals surface area contributed by atoms with Crippen molar-refractivity contribution in [3.05, 3.63) is 23.3 Å². The number of aryl methyl sites for hydroxylation is 2. The molecule has 1 aromatic rings. The van der Waals surface area contributed by atoms with Gasteiger partial charge >= 0.3 is 0 Å². The smallest absolute Gasteiger partial charge is 0.148 e. The van der Waals surface area contributed by atoms with Crippen LogP contribution in [-0.2, 0) is 5.41 Å². The fourth-order valence-corrected chi connectivity index (χ4v) is 1.08. The summed E-state index contributed by atoms with van der Waals surface area (Å²) in [6.07, 6.45) is 2.51. The van der Waals surface area contributed by atoms with Gasteiger partial charge in [0.15, 0.2) is 0 Å². The zero-order valence-electron chi connectivity index (χ0n) is 9.13. The van der Waals surface area contributed by atoms with Gasteiger partial charge in [0.1, 0.15) is 11.2 Å². The molecule has 14 heavy (non-hydrogen) atoms. The molecule has 3 nitrogen and oxygen atoms in total. The fraction of sp³-hybridized carbons (Fsp3) is 0.545. The van der Waals surface area contributed by atoms with Gasteiger partial charge in [-0.2, -0.15) is 5.26 Å². The van der Waals surface area contributed by atoms with Crippen LogP contribution in [0.5, 0.6) is 0 Å². The van der Waals surface area contributed by atoms with E-state index in [4.69, 9.17) is 5.26 Å². The SMILES string of the molecule is CCC(C)(C#N)c1ncc(C)c(C)n1. The molecule has 1 atom stereocenters. The zero-order valence-corrected chi connectivity index (χ0v) is 9.13. The number of aromatic nitrogens is 2. The molecule has 0 aromatic carbocycles. The molecule has 0 saturated heterocycles. The first-order chi connectivity index (χ1) is 6.53. The summed E-state index contributed by atoms with van der Waals surface area (Å²) < 4.78 is 0. The Labute approximate surface area is 84.8 Å². The Morgan fingerprint density at radius 2 is 2.14 bits per heavy atom. The molecular formula is C11H15N3. The summed E-state index contributed by atoms with van der Waals surface area (Å²) in [5.41, 5.74) is 1.45. The Hall–Kier alpha value is -1.43. The predicted molar refractivity (Wildman–Crippen MR) is 54.8 cm³/mol. The molecule has 0 spiro atoms. The molecule has 0 aliphatic carbocycles. The van der Waals surface area contributed by atoms with E-state index in [9.17, 15) is 0 Å². The normalized spacial score (nSPS) is 14.5. The largest absolute Gasteiger partial charge is 0.239 e. The van der Waals surface area contributed by atoms with E-state index in [0.29, 0.717) is 5.82 Å². The summed E-state index contributed by atoms with van der Waals surface area (Å²) in [6.45, 7) is 7.75. The van der Waals surface area contributed by atoms with Crippen LogP contribution in [-0.4, -0.2) is 9.97 Å². The zero-order chi connectivity index (χ0) is 10.8. The fourth-order valence-electron chi connectivity index (χ4n) is 1.08. The monoisotopic (exact) mass is 189 g/mol.